The molecule has 0 aliphatic heterocycles. The van der Waals surface area contributed by atoms with E-state index in [0.29, 0.717) is 39.1 Å². The summed E-state index contributed by atoms with van der Waals surface area (Å²) in [4.78, 5) is 0. The largest absolute Gasteiger partial charge is 0.330 e. The normalized spacial score (nSPS) is 10.8. The second-order valence-corrected chi connectivity index (χ2v) is 8.39. The third-order valence-corrected chi connectivity index (χ3v) is 5.54. The molecule has 0 fully saturated rings. The number of benzene rings is 2. The number of thiocarbonyl (C=S) groups is 1. The molecule has 0 atom stereocenters. The molecule has 0 unspecified atom stereocenters. The Balaban J connectivity index is 1.34. The summed E-state index contributed by atoms with van der Waals surface area (Å²) < 4.78 is 3.54. The molecular formula is C21H17Cl3N6S. The van der Waals surface area contributed by atoms with Crippen LogP contribution in [0.4, 0.5) is 11.5 Å². The monoisotopic (exact) mass is 490 g/mol. The van der Waals surface area contributed by atoms with Crippen LogP contribution in [-0.2, 0) is 13.1 Å². The van der Waals surface area contributed by atoms with Gasteiger partial charge in [0.2, 0.25) is 0 Å². The van der Waals surface area contributed by atoms with Gasteiger partial charge in [0.05, 0.1) is 25.0 Å². The molecule has 2 aromatic carbocycles. The van der Waals surface area contributed by atoms with Crippen molar-refractivity contribution in [1.82, 2.24) is 19.6 Å². The summed E-state index contributed by atoms with van der Waals surface area (Å²) in [6.07, 6.45) is 5.40. The second kappa shape index (κ2) is 9.70. The fourth-order valence-electron chi connectivity index (χ4n) is 2.98. The minimum absolute atomic E-state index is 0.406. The van der Waals surface area contributed by atoms with Crippen molar-refractivity contribution in [3.63, 3.8) is 0 Å². The zero-order valence-electron chi connectivity index (χ0n) is 16.1. The average molecular weight is 492 g/mol. The van der Waals surface area contributed by atoms with Crippen LogP contribution in [0.2, 0.25) is 15.1 Å². The third-order valence-electron chi connectivity index (χ3n) is 4.39. The SMILES string of the molecule is S=C(Nc1cnn(Cc2cccc(Cl)c2)c1)Nc1ccn(Cc2c(Cl)cccc2Cl)n1. The van der Waals surface area contributed by atoms with Gasteiger partial charge in [-0.1, -0.05) is 53.0 Å². The molecule has 4 aromatic rings. The first-order valence-corrected chi connectivity index (χ1v) is 10.8. The first-order chi connectivity index (χ1) is 15.0. The standard InChI is InChI=1S/C21H17Cl3N6S/c22-15-4-1-3-14(9-15)11-30-12-16(10-25-30)26-21(31)27-20-7-8-29(28-20)13-17-18(23)5-2-6-19(17)24/h1-10,12H,11,13H2,(H2,26,27,28,31). The molecule has 2 aromatic heterocycles. The van der Waals surface area contributed by atoms with Gasteiger partial charge in [-0.25, -0.2) is 0 Å². The summed E-state index contributed by atoms with van der Waals surface area (Å²) >= 11 is 23.9. The summed E-state index contributed by atoms with van der Waals surface area (Å²) in [7, 11) is 0. The molecule has 0 aliphatic carbocycles. The maximum atomic E-state index is 6.24. The zero-order valence-corrected chi connectivity index (χ0v) is 19.2. The van der Waals surface area contributed by atoms with Crippen molar-refractivity contribution in [3.05, 3.63) is 93.3 Å². The molecule has 10 heteroatoms. The molecule has 0 aliphatic rings. The molecule has 0 saturated heterocycles. The van der Waals surface area contributed by atoms with E-state index in [4.69, 9.17) is 47.0 Å². The number of aromatic nitrogens is 4. The van der Waals surface area contributed by atoms with Gasteiger partial charge in [0.15, 0.2) is 10.9 Å². The molecule has 0 radical (unpaired) electrons. The zero-order chi connectivity index (χ0) is 21.8. The van der Waals surface area contributed by atoms with Crippen molar-refractivity contribution in [1.29, 1.82) is 0 Å². The van der Waals surface area contributed by atoms with Gasteiger partial charge in [-0.15, -0.1) is 0 Å². The molecule has 6 nitrogen and oxygen atoms in total. The van der Waals surface area contributed by atoms with Gasteiger partial charge >= 0.3 is 0 Å². The van der Waals surface area contributed by atoms with E-state index in [9.17, 15) is 0 Å². The molecule has 0 saturated carbocycles. The van der Waals surface area contributed by atoms with Gasteiger partial charge in [0.1, 0.15) is 0 Å². The van der Waals surface area contributed by atoms with Crippen molar-refractivity contribution in [2.45, 2.75) is 13.1 Å². The predicted molar refractivity (Wildman–Crippen MR) is 130 cm³/mol. The first-order valence-electron chi connectivity index (χ1n) is 9.27. The molecule has 4 rings (SSSR count). The highest BCUT2D eigenvalue weighted by Crippen LogP contribution is 2.25. The summed E-state index contributed by atoms with van der Waals surface area (Å²) in [5.41, 5.74) is 2.64. The molecular weight excluding hydrogens is 475 g/mol. The molecule has 2 N–H and O–H groups in total. The topological polar surface area (TPSA) is 59.7 Å². The molecule has 0 amide bonds. The highest BCUT2D eigenvalue weighted by atomic mass is 35.5. The van der Waals surface area contributed by atoms with Crippen LogP contribution in [-0.4, -0.2) is 24.7 Å². The minimum Gasteiger partial charge on any atom is -0.330 e. The van der Waals surface area contributed by atoms with Gasteiger partial charge in [-0.2, -0.15) is 10.2 Å². The van der Waals surface area contributed by atoms with Gasteiger partial charge in [0.25, 0.3) is 0 Å². The van der Waals surface area contributed by atoms with Crippen LogP contribution in [0.25, 0.3) is 0 Å². The molecule has 0 spiro atoms. The number of nitrogens with zero attached hydrogens (tertiary/aromatic N) is 4. The quantitative estimate of drug-likeness (QED) is 0.327. The average Bonchev–Trinajstić information content (AvgIpc) is 3.34. The van der Waals surface area contributed by atoms with E-state index in [1.165, 1.54) is 0 Å². The van der Waals surface area contributed by atoms with Crippen LogP contribution in [0, 0.1) is 0 Å². The van der Waals surface area contributed by atoms with E-state index in [2.05, 4.69) is 20.8 Å². The number of hydrogen-bond acceptors (Lipinski definition) is 3. The minimum atomic E-state index is 0.406. The van der Waals surface area contributed by atoms with E-state index < -0.39 is 0 Å². The van der Waals surface area contributed by atoms with Crippen LogP contribution in [0.3, 0.4) is 0 Å². The third kappa shape index (κ3) is 5.77. The van der Waals surface area contributed by atoms with Gasteiger partial charge in [-0.05, 0) is 42.0 Å². The van der Waals surface area contributed by atoms with Crippen molar-refractivity contribution in [3.8, 4) is 0 Å². The van der Waals surface area contributed by atoms with E-state index in [1.807, 2.05) is 48.8 Å². The van der Waals surface area contributed by atoms with Gasteiger partial charge < -0.3 is 10.6 Å². The Morgan fingerprint density at radius 2 is 1.71 bits per heavy atom. The fraction of sp³-hybridized carbons (Fsp3) is 0.0952. The number of halogens is 3. The van der Waals surface area contributed by atoms with Crippen LogP contribution >= 0.6 is 47.0 Å². The summed E-state index contributed by atoms with van der Waals surface area (Å²) in [6.45, 7) is 1.06. The Morgan fingerprint density at radius 1 is 0.935 bits per heavy atom. The van der Waals surface area contributed by atoms with Crippen molar-refractivity contribution in [2.75, 3.05) is 10.6 Å². The Kier molecular flexibility index (Phi) is 6.77. The summed E-state index contributed by atoms with van der Waals surface area (Å²) in [5.74, 6) is 0.604. The van der Waals surface area contributed by atoms with E-state index >= 15 is 0 Å². The number of hydrogen-bond donors (Lipinski definition) is 2. The maximum absolute atomic E-state index is 6.24. The lowest BCUT2D eigenvalue weighted by Gasteiger charge is -2.08. The summed E-state index contributed by atoms with van der Waals surface area (Å²) in [6, 6.07) is 14.9. The first kappa shape index (κ1) is 21.6. The molecule has 158 valence electrons. The lowest BCUT2D eigenvalue weighted by atomic mass is 10.2. The smallest absolute Gasteiger partial charge is 0.176 e. The van der Waals surface area contributed by atoms with Crippen molar-refractivity contribution >= 4 is 63.6 Å². The Hall–Kier alpha value is -2.58. The predicted octanol–water partition coefficient (Wildman–Crippen LogP) is 5.95. The maximum Gasteiger partial charge on any atom is 0.176 e. The van der Waals surface area contributed by atoms with Crippen LogP contribution in [0.1, 0.15) is 11.1 Å². The van der Waals surface area contributed by atoms with Crippen LogP contribution in [0.5, 0.6) is 0 Å². The molecule has 31 heavy (non-hydrogen) atoms. The lowest BCUT2D eigenvalue weighted by molar-refractivity contribution is 0.687. The lowest BCUT2D eigenvalue weighted by Crippen LogP contribution is -2.19. The molecule has 2 heterocycles. The van der Waals surface area contributed by atoms with Gasteiger partial charge in [-0.3, -0.25) is 9.36 Å². The van der Waals surface area contributed by atoms with E-state index in [0.717, 1.165) is 16.8 Å². The number of rotatable bonds is 6. The second-order valence-electron chi connectivity index (χ2n) is 6.73. The van der Waals surface area contributed by atoms with Crippen molar-refractivity contribution < 1.29 is 0 Å². The van der Waals surface area contributed by atoms with Crippen LogP contribution < -0.4 is 10.6 Å². The summed E-state index contributed by atoms with van der Waals surface area (Å²) in [5, 5.41) is 17.3. The van der Waals surface area contributed by atoms with Crippen molar-refractivity contribution in [2.24, 2.45) is 0 Å². The van der Waals surface area contributed by atoms with E-state index in [1.54, 1.807) is 27.7 Å². The highest BCUT2D eigenvalue weighted by Gasteiger charge is 2.09. The Labute approximate surface area is 199 Å². The van der Waals surface area contributed by atoms with E-state index in [-0.39, 0.29) is 0 Å². The Bertz CT molecular complexity index is 1200. The number of nitrogens with one attached hydrogen (secondary N) is 2. The van der Waals surface area contributed by atoms with Crippen LogP contribution in [0.15, 0.2) is 67.1 Å². The van der Waals surface area contributed by atoms with Gasteiger partial charge in [0, 0.05) is 39.1 Å². The molecule has 0 bridgehead atoms. The number of anilines is 2. The fourth-order valence-corrected chi connectivity index (χ4v) is 3.93. The highest BCUT2D eigenvalue weighted by molar-refractivity contribution is 7.80. The Morgan fingerprint density at radius 3 is 2.48 bits per heavy atom.